The Morgan fingerprint density at radius 3 is 2.22 bits per heavy atom. The van der Waals surface area contributed by atoms with Gasteiger partial charge in [-0.05, 0) is 92.7 Å². The van der Waals surface area contributed by atoms with E-state index < -0.39 is 11.7 Å². The van der Waals surface area contributed by atoms with Crippen molar-refractivity contribution in [1.29, 1.82) is 0 Å². The number of carbonyl (C=O) groups is 2. The van der Waals surface area contributed by atoms with Gasteiger partial charge in [-0.3, -0.25) is 9.59 Å². The highest BCUT2D eigenvalue weighted by molar-refractivity contribution is 6.00. The number of esters is 1. The fraction of sp³-hybridized carbons (Fsp3) is 0.586. The maximum absolute atomic E-state index is 14.4. The standard InChI is InChI=1S/C29H34F3NO4/c1-17-6-11-23(12-7-17)37-25-13-10-18-8-9-19(16-24(18)26(25)29(30,31)32)27(34)33-21-4-3-5-22(33)15-20(14-21)28(35)36-2/h8-10,13,16-17,20-23H,3-7,11-12,14-15H2,1-2H3. The number of fused-ring (bicyclic) bond motifs is 3. The van der Waals surface area contributed by atoms with Crippen LogP contribution in [0.1, 0.15) is 80.6 Å². The highest BCUT2D eigenvalue weighted by Crippen LogP contribution is 2.44. The number of amides is 1. The molecule has 1 aliphatic carbocycles. The van der Waals surface area contributed by atoms with Crippen molar-refractivity contribution in [3.63, 3.8) is 0 Å². The number of piperidine rings is 2. The molecule has 1 amide bonds. The predicted octanol–water partition coefficient (Wildman–Crippen LogP) is 6.76. The largest absolute Gasteiger partial charge is 0.490 e. The van der Waals surface area contributed by atoms with Crippen LogP contribution in [0.5, 0.6) is 5.75 Å². The normalized spacial score (nSPS) is 28.1. The first-order valence-electron chi connectivity index (χ1n) is 13.4. The van der Waals surface area contributed by atoms with E-state index in [4.69, 9.17) is 9.47 Å². The predicted molar refractivity (Wildman–Crippen MR) is 133 cm³/mol. The van der Waals surface area contributed by atoms with Gasteiger partial charge in [0.2, 0.25) is 0 Å². The molecule has 0 spiro atoms. The molecular weight excluding hydrogens is 483 g/mol. The average molecular weight is 518 g/mol. The van der Waals surface area contributed by atoms with E-state index in [0.717, 1.165) is 44.9 Å². The second-order valence-corrected chi connectivity index (χ2v) is 11.0. The number of benzene rings is 2. The third-order valence-electron chi connectivity index (χ3n) is 8.51. The van der Waals surface area contributed by atoms with E-state index in [9.17, 15) is 22.8 Å². The fourth-order valence-corrected chi connectivity index (χ4v) is 6.57. The quantitative estimate of drug-likeness (QED) is 0.421. The molecule has 1 saturated carbocycles. The van der Waals surface area contributed by atoms with Crippen LogP contribution in [0.2, 0.25) is 0 Å². The Kier molecular flexibility index (Phi) is 7.12. The van der Waals surface area contributed by atoms with Crippen molar-refractivity contribution in [2.45, 2.75) is 89.1 Å². The molecule has 2 aromatic rings. The number of alkyl halides is 3. The molecule has 37 heavy (non-hydrogen) atoms. The first kappa shape index (κ1) is 25.9. The summed E-state index contributed by atoms with van der Waals surface area (Å²) >= 11 is 0. The summed E-state index contributed by atoms with van der Waals surface area (Å²) in [4.78, 5) is 27.7. The van der Waals surface area contributed by atoms with Gasteiger partial charge in [0.1, 0.15) is 11.3 Å². The van der Waals surface area contributed by atoms with Gasteiger partial charge in [0.15, 0.2) is 0 Å². The van der Waals surface area contributed by atoms with Crippen LogP contribution in [-0.4, -0.2) is 42.1 Å². The van der Waals surface area contributed by atoms with Crippen LogP contribution in [0.3, 0.4) is 0 Å². The molecule has 0 aromatic heterocycles. The van der Waals surface area contributed by atoms with Gasteiger partial charge in [0, 0.05) is 17.6 Å². The Morgan fingerprint density at radius 2 is 1.59 bits per heavy atom. The first-order valence-corrected chi connectivity index (χ1v) is 13.4. The molecule has 2 bridgehead atoms. The highest BCUT2D eigenvalue weighted by atomic mass is 19.4. The lowest BCUT2D eigenvalue weighted by Crippen LogP contribution is -2.55. The lowest BCUT2D eigenvalue weighted by atomic mass is 9.78. The van der Waals surface area contributed by atoms with Crippen LogP contribution in [0.15, 0.2) is 30.3 Å². The Morgan fingerprint density at radius 1 is 0.946 bits per heavy atom. The zero-order valence-corrected chi connectivity index (χ0v) is 21.4. The minimum Gasteiger partial charge on any atom is -0.490 e. The van der Waals surface area contributed by atoms with Crippen LogP contribution >= 0.6 is 0 Å². The zero-order chi connectivity index (χ0) is 26.3. The average Bonchev–Trinajstić information content (AvgIpc) is 2.87. The summed E-state index contributed by atoms with van der Waals surface area (Å²) < 4.78 is 54.1. The maximum atomic E-state index is 14.4. The molecule has 2 saturated heterocycles. The number of methoxy groups -OCH3 is 1. The molecule has 3 aliphatic rings. The Balaban J connectivity index is 1.47. The Hall–Kier alpha value is -2.77. The molecule has 2 heterocycles. The second-order valence-electron chi connectivity index (χ2n) is 11.0. The van der Waals surface area contributed by atoms with Gasteiger partial charge in [-0.1, -0.05) is 19.1 Å². The topological polar surface area (TPSA) is 55.8 Å². The minimum atomic E-state index is -4.63. The van der Waals surface area contributed by atoms with Gasteiger partial charge in [0.05, 0.1) is 19.1 Å². The van der Waals surface area contributed by atoms with E-state index in [0.29, 0.717) is 24.1 Å². The van der Waals surface area contributed by atoms with Crippen molar-refractivity contribution >= 4 is 22.6 Å². The van der Waals surface area contributed by atoms with E-state index in [1.165, 1.54) is 19.2 Å². The van der Waals surface area contributed by atoms with Crippen LogP contribution < -0.4 is 4.74 Å². The molecule has 5 rings (SSSR count). The SMILES string of the molecule is COC(=O)C1CC2CCCC(C1)N2C(=O)c1ccc2ccc(OC3CCC(C)CC3)c(C(F)(F)F)c2c1. The van der Waals surface area contributed by atoms with E-state index in [1.54, 1.807) is 23.1 Å². The molecule has 0 N–H and O–H groups in total. The first-order chi connectivity index (χ1) is 17.7. The van der Waals surface area contributed by atoms with E-state index in [2.05, 4.69) is 6.92 Å². The number of rotatable bonds is 4. The van der Waals surface area contributed by atoms with E-state index >= 15 is 0 Å². The molecule has 2 aliphatic heterocycles. The van der Waals surface area contributed by atoms with Crippen LogP contribution in [0, 0.1) is 11.8 Å². The molecular formula is C29H34F3NO4. The Labute approximate surface area is 215 Å². The summed E-state index contributed by atoms with van der Waals surface area (Å²) in [5, 5.41) is 0.396. The molecule has 2 unspecified atom stereocenters. The monoisotopic (exact) mass is 517 g/mol. The second kappa shape index (κ2) is 10.2. The van der Waals surface area contributed by atoms with Gasteiger partial charge in [0.25, 0.3) is 5.91 Å². The highest BCUT2D eigenvalue weighted by Gasteiger charge is 2.44. The minimum absolute atomic E-state index is 0.0189. The Bertz CT molecular complexity index is 1160. The van der Waals surface area contributed by atoms with Crippen molar-refractivity contribution in [3.05, 3.63) is 41.5 Å². The summed E-state index contributed by atoms with van der Waals surface area (Å²) in [5.41, 5.74) is -0.585. The molecule has 5 nitrogen and oxygen atoms in total. The van der Waals surface area contributed by atoms with Crippen molar-refractivity contribution in [1.82, 2.24) is 4.90 Å². The number of nitrogens with zero attached hydrogens (tertiary/aromatic N) is 1. The van der Waals surface area contributed by atoms with Crippen LogP contribution in [0.4, 0.5) is 13.2 Å². The maximum Gasteiger partial charge on any atom is 0.420 e. The number of hydrogen-bond acceptors (Lipinski definition) is 4. The summed E-state index contributed by atoms with van der Waals surface area (Å²) in [6, 6.07) is 7.37. The van der Waals surface area contributed by atoms with Gasteiger partial charge in [-0.15, -0.1) is 0 Å². The van der Waals surface area contributed by atoms with Gasteiger partial charge >= 0.3 is 12.1 Å². The van der Waals surface area contributed by atoms with Crippen molar-refractivity contribution in [2.75, 3.05) is 7.11 Å². The summed E-state index contributed by atoms with van der Waals surface area (Å²) in [7, 11) is 1.37. The summed E-state index contributed by atoms with van der Waals surface area (Å²) in [5.74, 6) is -0.394. The zero-order valence-electron chi connectivity index (χ0n) is 21.4. The molecule has 3 fully saturated rings. The molecule has 2 atom stereocenters. The number of ether oxygens (including phenoxy) is 2. The van der Waals surface area contributed by atoms with Crippen molar-refractivity contribution < 1.29 is 32.2 Å². The molecule has 0 radical (unpaired) electrons. The number of halogens is 3. The third-order valence-corrected chi connectivity index (χ3v) is 8.51. The van der Waals surface area contributed by atoms with Gasteiger partial charge < -0.3 is 14.4 Å². The molecule has 200 valence electrons. The van der Waals surface area contributed by atoms with E-state index in [-0.39, 0.29) is 52.7 Å². The third kappa shape index (κ3) is 5.16. The van der Waals surface area contributed by atoms with Gasteiger partial charge in [-0.2, -0.15) is 13.2 Å². The number of hydrogen-bond donors (Lipinski definition) is 0. The van der Waals surface area contributed by atoms with Gasteiger partial charge in [-0.25, -0.2) is 0 Å². The lowest BCUT2D eigenvalue weighted by molar-refractivity contribution is -0.149. The summed E-state index contributed by atoms with van der Waals surface area (Å²) in [6.07, 6.45) is 2.03. The van der Waals surface area contributed by atoms with Crippen molar-refractivity contribution in [2.24, 2.45) is 11.8 Å². The number of carbonyl (C=O) groups excluding carboxylic acids is 2. The van der Waals surface area contributed by atoms with Crippen LogP contribution in [-0.2, 0) is 15.7 Å². The molecule has 2 aromatic carbocycles. The van der Waals surface area contributed by atoms with E-state index in [1.807, 2.05) is 0 Å². The van der Waals surface area contributed by atoms with Crippen molar-refractivity contribution in [3.8, 4) is 5.75 Å². The van der Waals surface area contributed by atoms with Crippen LogP contribution in [0.25, 0.3) is 10.8 Å². The molecule has 8 heteroatoms. The fourth-order valence-electron chi connectivity index (χ4n) is 6.57. The summed E-state index contributed by atoms with van der Waals surface area (Å²) in [6.45, 7) is 2.15. The smallest absolute Gasteiger partial charge is 0.420 e. The lowest BCUT2D eigenvalue weighted by Gasteiger charge is -2.48.